The summed E-state index contributed by atoms with van der Waals surface area (Å²) in [5, 5.41) is 0. The Morgan fingerprint density at radius 3 is 1.58 bits per heavy atom. The molecule has 0 rings (SSSR count). The van der Waals surface area contributed by atoms with E-state index in [1.54, 1.807) is 0 Å². The molecule has 2 nitrogen and oxygen atoms in total. The number of hydrogen-bond acceptors (Lipinski definition) is 1. The first-order valence-electron chi connectivity index (χ1n) is 10.6. The molecule has 0 bridgehead atoms. The van der Waals surface area contributed by atoms with E-state index in [2.05, 4.69) is 40.2 Å². The van der Waals surface area contributed by atoms with Crippen LogP contribution in [0.15, 0.2) is 12.2 Å². The molecule has 2 heteroatoms. The SMILES string of the molecule is CCCCCCCCC=CCCCCCCCCOC[N+](C)(C)C. The van der Waals surface area contributed by atoms with Crippen molar-refractivity contribution in [3.8, 4) is 0 Å². The standard InChI is InChI=1S/C22H46NO/c1-5-6-7-8-9-10-11-12-13-14-15-16-17-18-19-20-21-24-22-23(2,3)4/h12-13H,5-11,14-22H2,1-4H3/q+1. The van der Waals surface area contributed by atoms with Crippen molar-refractivity contribution in [3.05, 3.63) is 12.2 Å². The van der Waals surface area contributed by atoms with E-state index < -0.39 is 0 Å². The first-order valence-corrected chi connectivity index (χ1v) is 10.6. The lowest BCUT2D eigenvalue weighted by Crippen LogP contribution is -2.36. The fraction of sp³-hybridized carbons (Fsp3) is 0.909. The Hall–Kier alpha value is -0.340. The van der Waals surface area contributed by atoms with Gasteiger partial charge in [0.2, 0.25) is 0 Å². The third-order valence-corrected chi connectivity index (χ3v) is 4.28. The molecule has 144 valence electrons. The van der Waals surface area contributed by atoms with Gasteiger partial charge < -0.3 is 9.22 Å². The first-order chi connectivity index (χ1) is 11.6. The second-order valence-corrected chi connectivity index (χ2v) is 8.27. The summed E-state index contributed by atoms with van der Waals surface area (Å²) in [7, 11) is 6.51. The van der Waals surface area contributed by atoms with E-state index in [0.29, 0.717) is 0 Å². The van der Waals surface area contributed by atoms with Gasteiger partial charge in [0, 0.05) is 0 Å². The van der Waals surface area contributed by atoms with Crippen LogP contribution >= 0.6 is 0 Å². The maximum atomic E-state index is 5.68. The molecule has 0 spiro atoms. The van der Waals surface area contributed by atoms with E-state index in [1.165, 1.54) is 89.9 Å². The van der Waals surface area contributed by atoms with Crippen LogP contribution in [-0.2, 0) is 4.74 Å². The molecule has 24 heavy (non-hydrogen) atoms. The summed E-state index contributed by atoms with van der Waals surface area (Å²) < 4.78 is 6.58. The van der Waals surface area contributed by atoms with Gasteiger partial charge in [0.15, 0.2) is 6.73 Å². The summed E-state index contributed by atoms with van der Waals surface area (Å²) in [6.07, 6.45) is 23.9. The molecular weight excluding hydrogens is 294 g/mol. The third-order valence-electron chi connectivity index (χ3n) is 4.28. The Kier molecular flexibility index (Phi) is 17.2. The van der Waals surface area contributed by atoms with Gasteiger partial charge in [-0.3, -0.25) is 0 Å². The van der Waals surface area contributed by atoms with Gasteiger partial charge >= 0.3 is 0 Å². The topological polar surface area (TPSA) is 9.23 Å². The lowest BCUT2D eigenvalue weighted by Gasteiger charge is -2.23. The second kappa shape index (κ2) is 17.5. The third kappa shape index (κ3) is 21.7. The summed E-state index contributed by atoms with van der Waals surface area (Å²) >= 11 is 0. The molecular formula is C22H46NO+. The van der Waals surface area contributed by atoms with E-state index in [9.17, 15) is 0 Å². The van der Waals surface area contributed by atoms with Crippen molar-refractivity contribution in [3.63, 3.8) is 0 Å². The fourth-order valence-corrected chi connectivity index (χ4v) is 2.79. The van der Waals surface area contributed by atoms with E-state index in [0.717, 1.165) is 17.8 Å². The second-order valence-electron chi connectivity index (χ2n) is 8.27. The highest BCUT2D eigenvalue weighted by molar-refractivity contribution is 4.81. The molecule has 0 radical (unpaired) electrons. The minimum Gasteiger partial charge on any atom is -0.332 e. The maximum Gasteiger partial charge on any atom is 0.182 e. The van der Waals surface area contributed by atoms with Crippen molar-refractivity contribution >= 4 is 0 Å². The van der Waals surface area contributed by atoms with E-state index in [-0.39, 0.29) is 0 Å². The lowest BCUT2D eigenvalue weighted by molar-refractivity contribution is -0.890. The molecule has 0 fully saturated rings. The quantitative estimate of drug-likeness (QED) is 0.117. The van der Waals surface area contributed by atoms with Gasteiger partial charge in [0.1, 0.15) is 0 Å². The van der Waals surface area contributed by atoms with Crippen molar-refractivity contribution in [1.29, 1.82) is 0 Å². The van der Waals surface area contributed by atoms with Crippen LogP contribution in [-0.4, -0.2) is 39.0 Å². The summed E-state index contributed by atoms with van der Waals surface area (Å²) in [6, 6.07) is 0. The van der Waals surface area contributed by atoms with E-state index >= 15 is 0 Å². The zero-order chi connectivity index (χ0) is 17.9. The normalized spacial score (nSPS) is 12.3. The number of hydrogen-bond donors (Lipinski definition) is 0. The highest BCUT2D eigenvalue weighted by Gasteiger charge is 2.05. The average molecular weight is 341 g/mol. The number of allylic oxidation sites excluding steroid dienone is 2. The Morgan fingerprint density at radius 1 is 0.625 bits per heavy atom. The molecule has 0 aliphatic heterocycles. The number of nitrogens with zero attached hydrogens (tertiary/aromatic N) is 1. The van der Waals surface area contributed by atoms with Crippen molar-refractivity contribution in [2.45, 2.75) is 96.8 Å². The van der Waals surface area contributed by atoms with Crippen LogP contribution in [0.4, 0.5) is 0 Å². The van der Waals surface area contributed by atoms with Gasteiger partial charge in [-0.15, -0.1) is 0 Å². The van der Waals surface area contributed by atoms with Gasteiger partial charge in [-0.05, 0) is 32.1 Å². The van der Waals surface area contributed by atoms with Crippen LogP contribution in [0.3, 0.4) is 0 Å². The predicted octanol–water partition coefficient (Wildman–Crippen LogP) is 6.70. The van der Waals surface area contributed by atoms with Gasteiger partial charge in [0.25, 0.3) is 0 Å². The van der Waals surface area contributed by atoms with Crippen molar-refractivity contribution in [2.75, 3.05) is 34.5 Å². The number of rotatable bonds is 18. The van der Waals surface area contributed by atoms with Crippen LogP contribution in [0.2, 0.25) is 0 Å². The number of unbranched alkanes of at least 4 members (excludes halogenated alkanes) is 12. The van der Waals surface area contributed by atoms with Crippen LogP contribution in [0.25, 0.3) is 0 Å². The van der Waals surface area contributed by atoms with Gasteiger partial charge in [-0.1, -0.05) is 76.9 Å². The Balaban J connectivity index is 3.10. The number of quaternary nitrogens is 1. The van der Waals surface area contributed by atoms with Crippen LogP contribution < -0.4 is 0 Å². The molecule has 0 saturated heterocycles. The molecule has 0 aromatic heterocycles. The molecule has 0 saturated carbocycles. The summed E-state index contributed by atoms with van der Waals surface area (Å²) in [4.78, 5) is 0. The highest BCUT2D eigenvalue weighted by atomic mass is 16.5. The minimum atomic E-state index is 0.824. The van der Waals surface area contributed by atoms with Gasteiger partial charge in [0.05, 0.1) is 27.7 Å². The van der Waals surface area contributed by atoms with Crippen LogP contribution in [0, 0.1) is 0 Å². The minimum absolute atomic E-state index is 0.824. The predicted molar refractivity (Wildman–Crippen MR) is 108 cm³/mol. The zero-order valence-electron chi connectivity index (χ0n) is 17.3. The number of ether oxygens (including phenoxy) is 1. The lowest BCUT2D eigenvalue weighted by atomic mass is 10.1. The van der Waals surface area contributed by atoms with E-state index in [4.69, 9.17) is 4.74 Å². The molecule has 0 aliphatic carbocycles. The first kappa shape index (κ1) is 23.7. The van der Waals surface area contributed by atoms with Crippen molar-refractivity contribution in [2.24, 2.45) is 0 Å². The average Bonchev–Trinajstić information content (AvgIpc) is 2.52. The molecule has 0 unspecified atom stereocenters. The molecule has 0 atom stereocenters. The Bertz CT molecular complexity index is 268. The van der Waals surface area contributed by atoms with E-state index in [1.807, 2.05) is 0 Å². The summed E-state index contributed by atoms with van der Waals surface area (Å²) in [6.45, 7) is 4.03. The molecule has 0 aliphatic rings. The largest absolute Gasteiger partial charge is 0.332 e. The van der Waals surface area contributed by atoms with Crippen LogP contribution in [0.5, 0.6) is 0 Å². The Morgan fingerprint density at radius 2 is 1.08 bits per heavy atom. The van der Waals surface area contributed by atoms with Gasteiger partial charge in [-0.25, -0.2) is 0 Å². The molecule has 0 N–H and O–H groups in total. The summed E-state index contributed by atoms with van der Waals surface area (Å²) in [5.41, 5.74) is 0. The fourth-order valence-electron chi connectivity index (χ4n) is 2.79. The molecule has 0 aromatic rings. The van der Waals surface area contributed by atoms with Crippen LogP contribution in [0.1, 0.15) is 96.8 Å². The molecule has 0 aromatic carbocycles. The maximum absolute atomic E-state index is 5.68. The van der Waals surface area contributed by atoms with Gasteiger partial charge in [-0.2, -0.15) is 0 Å². The Labute approximate surface area is 153 Å². The smallest absolute Gasteiger partial charge is 0.182 e. The monoisotopic (exact) mass is 340 g/mol. The molecule has 0 heterocycles. The van der Waals surface area contributed by atoms with Crippen molar-refractivity contribution < 1.29 is 9.22 Å². The van der Waals surface area contributed by atoms with Crippen molar-refractivity contribution in [1.82, 2.24) is 0 Å². The summed E-state index contributed by atoms with van der Waals surface area (Å²) in [5.74, 6) is 0. The zero-order valence-corrected chi connectivity index (χ0v) is 17.3. The molecule has 0 amide bonds. The highest BCUT2D eigenvalue weighted by Crippen LogP contribution is 2.10.